The molecule has 1 aliphatic rings. The molecule has 0 spiro atoms. The number of likely N-dealkylation sites (tertiary alicyclic amines) is 1. The number of methoxy groups -OCH3 is 1. The first-order chi connectivity index (χ1) is 12.5. The number of hydrogen-bond donors (Lipinski definition) is 0. The van der Waals surface area contributed by atoms with E-state index in [1.807, 2.05) is 4.90 Å². The lowest BCUT2D eigenvalue weighted by Gasteiger charge is -2.25. The fourth-order valence-corrected chi connectivity index (χ4v) is 4.99. The molecule has 0 aliphatic carbocycles. The molecule has 26 heavy (non-hydrogen) atoms. The number of amides is 1. The summed E-state index contributed by atoms with van der Waals surface area (Å²) < 4.78 is 32.5. The van der Waals surface area contributed by atoms with Crippen LogP contribution in [-0.2, 0) is 10.0 Å². The van der Waals surface area contributed by atoms with Crippen molar-refractivity contribution in [2.75, 3.05) is 33.3 Å². The molecule has 0 radical (unpaired) electrons. The van der Waals surface area contributed by atoms with Gasteiger partial charge in [0.05, 0.1) is 7.11 Å². The fourth-order valence-electron chi connectivity index (χ4n) is 3.35. The van der Waals surface area contributed by atoms with E-state index < -0.39 is 10.0 Å². The highest BCUT2D eigenvalue weighted by Gasteiger charge is 2.27. The van der Waals surface area contributed by atoms with Gasteiger partial charge >= 0.3 is 0 Å². The zero-order chi connectivity index (χ0) is 19.2. The van der Waals surface area contributed by atoms with E-state index in [2.05, 4.69) is 0 Å². The lowest BCUT2D eigenvalue weighted by atomic mass is 10.1. The molecule has 1 aromatic carbocycles. The molecule has 0 bridgehead atoms. The van der Waals surface area contributed by atoms with Crippen LogP contribution >= 0.6 is 0 Å². The molecule has 1 aliphatic heterocycles. The molecule has 7 heteroatoms. The number of carbonyl (C=O) groups is 1. The maximum atomic E-state index is 12.9. The molecule has 0 atom stereocenters. The summed E-state index contributed by atoms with van der Waals surface area (Å²) in [5.74, 6) is 0.159. The third kappa shape index (κ3) is 4.57. The summed E-state index contributed by atoms with van der Waals surface area (Å²) in [4.78, 5) is 14.8. The summed E-state index contributed by atoms with van der Waals surface area (Å²) in [5, 5.41) is 0. The van der Waals surface area contributed by atoms with Gasteiger partial charge in [-0.15, -0.1) is 0 Å². The molecule has 146 valence electrons. The standard InChI is InChI=1S/C19H30N2O4S/c1-4-21(5-2)26(23,24)18-15-16(11-12-17(18)25-3)19(22)20-13-9-7-6-8-10-14-20/h11-12,15H,4-10,13-14H2,1-3H3. The van der Waals surface area contributed by atoms with Crippen LogP contribution < -0.4 is 4.74 Å². The summed E-state index contributed by atoms with van der Waals surface area (Å²) in [6.07, 6.45) is 5.47. The number of benzene rings is 1. The van der Waals surface area contributed by atoms with Gasteiger partial charge in [-0.1, -0.05) is 33.1 Å². The minimum atomic E-state index is -3.71. The maximum absolute atomic E-state index is 12.9. The van der Waals surface area contributed by atoms with Crippen LogP contribution in [0.3, 0.4) is 0 Å². The molecule has 1 aromatic rings. The van der Waals surface area contributed by atoms with Crippen molar-refractivity contribution in [3.63, 3.8) is 0 Å². The van der Waals surface area contributed by atoms with Crippen molar-refractivity contribution in [2.45, 2.75) is 50.8 Å². The Labute approximate surface area is 157 Å². The number of rotatable bonds is 6. The van der Waals surface area contributed by atoms with Crippen molar-refractivity contribution >= 4 is 15.9 Å². The third-order valence-corrected chi connectivity index (χ3v) is 6.95. The summed E-state index contributed by atoms with van der Waals surface area (Å²) in [7, 11) is -2.27. The van der Waals surface area contributed by atoms with Crippen LogP contribution in [0.15, 0.2) is 23.1 Å². The van der Waals surface area contributed by atoms with E-state index in [4.69, 9.17) is 4.74 Å². The van der Waals surface area contributed by atoms with Crippen molar-refractivity contribution < 1.29 is 17.9 Å². The Morgan fingerprint density at radius 1 is 1.08 bits per heavy atom. The van der Waals surface area contributed by atoms with Gasteiger partial charge in [0, 0.05) is 31.7 Å². The molecule has 0 saturated carbocycles. The molecule has 1 heterocycles. The molecule has 2 rings (SSSR count). The van der Waals surface area contributed by atoms with Crippen LogP contribution in [0.5, 0.6) is 5.75 Å². The van der Waals surface area contributed by atoms with Gasteiger partial charge in [-0.3, -0.25) is 4.79 Å². The number of nitrogens with zero attached hydrogens (tertiary/aromatic N) is 2. The van der Waals surface area contributed by atoms with Gasteiger partial charge in [-0.25, -0.2) is 8.42 Å². The highest BCUT2D eigenvalue weighted by atomic mass is 32.2. The Balaban J connectivity index is 2.38. The minimum Gasteiger partial charge on any atom is -0.495 e. The molecule has 0 aromatic heterocycles. The van der Waals surface area contributed by atoms with Gasteiger partial charge in [0.2, 0.25) is 10.0 Å². The lowest BCUT2D eigenvalue weighted by molar-refractivity contribution is 0.0742. The highest BCUT2D eigenvalue weighted by Crippen LogP contribution is 2.28. The molecular weight excluding hydrogens is 352 g/mol. The van der Waals surface area contributed by atoms with E-state index in [1.165, 1.54) is 23.9 Å². The summed E-state index contributed by atoms with van der Waals surface area (Å²) in [6, 6.07) is 4.70. The first-order valence-corrected chi connectivity index (χ1v) is 10.9. The van der Waals surface area contributed by atoms with Crippen LogP contribution in [-0.4, -0.2) is 56.8 Å². The van der Waals surface area contributed by atoms with Crippen LogP contribution in [0, 0.1) is 0 Å². The van der Waals surface area contributed by atoms with Gasteiger partial charge in [0.15, 0.2) is 0 Å². The first-order valence-electron chi connectivity index (χ1n) is 9.43. The topological polar surface area (TPSA) is 66.9 Å². The van der Waals surface area contributed by atoms with Gasteiger partial charge in [-0.2, -0.15) is 4.31 Å². The Morgan fingerprint density at radius 2 is 1.65 bits per heavy atom. The fraction of sp³-hybridized carbons (Fsp3) is 0.632. The zero-order valence-corrected chi connectivity index (χ0v) is 16.8. The largest absolute Gasteiger partial charge is 0.495 e. The Hall–Kier alpha value is -1.60. The van der Waals surface area contributed by atoms with Crippen molar-refractivity contribution in [2.24, 2.45) is 0 Å². The van der Waals surface area contributed by atoms with Crippen molar-refractivity contribution in [1.29, 1.82) is 0 Å². The summed E-state index contributed by atoms with van der Waals surface area (Å²) in [6.45, 7) is 5.77. The first kappa shape index (κ1) is 20.7. The van der Waals surface area contributed by atoms with Crippen molar-refractivity contribution in [3.8, 4) is 5.75 Å². The molecule has 1 amide bonds. The maximum Gasteiger partial charge on any atom is 0.253 e. The predicted molar refractivity (Wildman–Crippen MR) is 102 cm³/mol. The van der Waals surface area contributed by atoms with Crippen LogP contribution in [0.1, 0.15) is 56.3 Å². The van der Waals surface area contributed by atoms with E-state index in [-0.39, 0.29) is 16.6 Å². The summed E-state index contributed by atoms with van der Waals surface area (Å²) >= 11 is 0. The lowest BCUT2D eigenvalue weighted by Crippen LogP contribution is -2.34. The second-order valence-corrected chi connectivity index (χ2v) is 8.42. The molecule has 0 N–H and O–H groups in total. The smallest absolute Gasteiger partial charge is 0.253 e. The van der Waals surface area contributed by atoms with Gasteiger partial charge in [-0.05, 0) is 31.0 Å². The second-order valence-electron chi connectivity index (χ2n) is 6.51. The van der Waals surface area contributed by atoms with Crippen molar-refractivity contribution in [3.05, 3.63) is 23.8 Å². The van der Waals surface area contributed by atoms with E-state index in [0.717, 1.165) is 38.8 Å². The second kappa shape index (κ2) is 9.37. The van der Waals surface area contributed by atoms with Gasteiger partial charge in [0.1, 0.15) is 10.6 Å². The average Bonchev–Trinajstić information content (AvgIpc) is 2.61. The van der Waals surface area contributed by atoms with Crippen molar-refractivity contribution in [1.82, 2.24) is 9.21 Å². The normalized spacial score (nSPS) is 16.2. The van der Waals surface area contributed by atoms with E-state index in [9.17, 15) is 13.2 Å². The van der Waals surface area contributed by atoms with Crippen LogP contribution in [0.25, 0.3) is 0 Å². The summed E-state index contributed by atoms with van der Waals surface area (Å²) in [5.41, 5.74) is 0.400. The number of hydrogen-bond acceptors (Lipinski definition) is 4. The minimum absolute atomic E-state index is 0.0570. The van der Waals surface area contributed by atoms with E-state index in [1.54, 1.807) is 26.0 Å². The number of carbonyl (C=O) groups excluding carboxylic acids is 1. The van der Waals surface area contributed by atoms with Crippen LogP contribution in [0.4, 0.5) is 0 Å². The molecule has 1 fully saturated rings. The molecule has 6 nitrogen and oxygen atoms in total. The van der Waals surface area contributed by atoms with Crippen LogP contribution in [0.2, 0.25) is 0 Å². The predicted octanol–water partition coefficient (Wildman–Crippen LogP) is 3.13. The highest BCUT2D eigenvalue weighted by molar-refractivity contribution is 7.89. The quantitative estimate of drug-likeness (QED) is 0.758. The molecule has 0 unspecified atom stereocenters. The third-order valence-electron chi connectivity index (χ3n) is 4.88. The zero-order valence-electron chi connectivity index (χ0n) is 16.0. The van der Waals surface area contributed by atoms with E-state index >= 15 is 0 Å². The number of sulfonamides is 1. The SMILES string of the molecule is CCN(CC)S(=O)(=O)c1cc(C(=O)N2CCCCCCC2)ccc1OC. The number of ether oxygens (including phenoxy) is 1. The monoisotopic (exact) mass is 382 g/mol. The molecular formula is C19H30N2O4S. The van der Waals surface area contributed by atoms with Gasteiger partial charge < -0.3 is 9.64 Å². The molecule has 1 saturated heterocycles. The average molecular weight is 383 g/mol. The van der Waals surface area contributed by atoms with E-state index in [0.29, 0.717) is 18.7 Å². The Kier molecular flexibility index (Phi) is 7.46. The Bertz CT molecular complexity index is 706. The Morgan fingerprint density at radius 3 is 2.19 bits per heavy atom. The van der Waals surface area contributed by atoms with Gasteiger partial charge in [0.25, 0.3) is 5.91 Å².